The van der Waals surface area contributed by atoms with Crippen molar-refractivity contribution in [1.82, 2.24) is 0 Å². The van der Waals surface area contributed by atoms with Gasteiger partial charge in [-0.1, -0.05) is 18.1 Å². The van der Waals surface area contributed by atoms with Crippen LogP contribution in [0, 0.1) is 5.82 Å². The van der Waals surface area contributed by atoms with Crippen LogP contribution in [0.3, 0.4) is 0 Å². The zero-order valence-electron chi connectivity index (χ0n) is 11.5. The van der Waals surface area contributed by atoms with Crippen molar-refractivity contribution in [2.45, 2.75) is 39.7 Å². The molecule has 5 heteroatoms. The van der Waals surface area contributed by atoms with E-state index in [1.165, 1.54) is 12.1 Å². The zero-order valence-corrected chi connectivity index (χ0v) is 11.5. The number of esters is 1. The van der Waals surface area contributed by atoms with Gasteiger partial charge in [0.2, 0.25) is 0 Å². The zero-order chi connectivity index (χ0) is 14.6. The molecule has 0 spiro atoms. The molecule has 0 aromatic heterocycles. The van der Waals surface area contributed by atoms with Crippen LogP contribution < -0.4 is 0 Å². The number of halogens is 1. The second kappa shape index (κ2) is 5.82. The molecule has 1 rings (SSSR count). The Bertz CT molecular complexity index is 504. The second-order valence-electron chi connectivity index (χ2n) is 5.10. The number of rotatable bonds is 3. The van der Waals surface area contributed by atoms with Gasteiger partial charge in [-0.3, -0.25) is 0 Å². The molecule has 0 unspecified atom stereocenters. The van der Waals surface area contributed by atoms with Crippen molar-refractivity contribution in [1.29, 1.82) is 0 Å². The number of hydrogen-bond acceptors (Lipinski definition) is 4. The summed E-state index contributed by atoms with van der Waals surface area (Å²) in [6.07, 6.45) is 0.468. The Labute approximate surface area is 111 Å². The molecule has 19 heavy (non-hydrogen) atoms. The molecule has 1 aromatic carbocycles. The van der Waals surface area contributed by atoms with E-state index in [1.807, 2.05) is 0 Å². The number of carbonyl (C=O) groups excluding carboxylic acids is 1. The number of nitrogens with zero attached hydrogens (tertiary/aromatic N) is 1. The Morgan fingerprint density at radius 2 is 2.05 bits per heavy atom. The average Bonchev–Trinajstić information content (AvgIpc) is 2.30. The standard InChI is InChI=1S/C14H18FNO3/c1-5-12(16-18)9-6-7-11(15)10(8-9)13(17)19-14(2,3)4/h6-8,18H,5H2,1-4H3/b16-12+. The van der Waals surface area contributed by atoms with E-state index in [-0.39, 0.29) is 5.56 Å². The summed E-state index contributed by atoms with van der Waals surface area (Å²) in [6.45, 7) is 6.92. The van der Waals surface area contributed by atoms with Crippen molar-refractivity contribution in [3.63, 3.8) is 0 Å². The van der Waals surface area contributed by atoms with Gasteiger partial charge < -0.3 is 9.94 Å². The molecule has 1 N–H and O–H groups in total. The molecule has 0 saturated heterocycles. The highest BCUT2D eigenvalue weighted by molar-refractivity contribution is 6.02. The van der Waals surface area contributed by atoms with Crippen molar-refractivity contribution in [3.8, 4) is 0 Å². The fraction of sp³-hybridized carbons (Fsp3) is 0.429. The topological polar surface area (TPSA) is 58.9 Å². The lowest BCUT2D eigenvalue weighted by Crippen LogP contribution is -2.24. The first-order chi connectivity index (χ1) is 8.78. The van der Waals surface area contributed by atoms with Gasteiger partial charge in [-0.25, -0.2) is 9.18 Å². The molecule has 0 heterocycles. The molecule has 0 aliphatic heterocycles. The molecule has 0 saturated carbocycles. The second-order valence-corrected chi connectivity index (χ2v) is 5.10. The molecule has 0 radical (unpaired) electrons. The number of hydrogen-bond donors (Lipinski definition) is 1. The summed E-state index contributed by atoms with van der Waals surface area (Å²) in [5.74, 6) is -1.40. The lowest BCUT2D eigenvalue weighted by Gasteiger charge is -2.19. The first kappa shape index (κ1) is 15.1. The summed E-state index contributed by atoms with van der Waals surface area (Å²) < 4.78 is 18.8. The van der Waals surface area contributed by atoms with Crippen molar-refractivity contribution in [3.05, 3.63) is 35.1 Å². The van der Waals surface area contributed by atoms with E-state index in [0.717, 1.165) is 6.07 Å². The van der Waals surface area contributed by atoms with E-state index >= 15 is 0 Å². The van der Waals surface area contributed by atoms with Crippen molar-refractivity contribution in [2.24, 2.45) is 5.16 Å². The van der Waals surface area contributed by atoms with Gasteiger partial charge in [0.25, 0.3) is 0 Å². The molecule has 0 fully saturated rings. The number of oxime groups is 1. The fourth-order valence-corrected chi connectivity index (χ4v) is 1.53. The van der Waals surface area contributed by atoms with Crippen molar-refractivity contribution < 1.29 is 19.1 Å². The highest BCUT2D eigenvalue weighted by atomic mass is 19.1. The monoisotopic (exact) mass is 267 g/mol. The van der Waals surface area contributed by atoms with E-state index in [1.54, 1.807) is 27.7 Å². The van der Waals surface area contributed by atoms with Crippen molar-refractivity contribution >= 4 is 11.7 Å². The Hall–Kier alpha value is -1.91. The van der Waals surface area contributed by atoms with Crippen molar-refractivity contribution in [2.75, 3.05) is 0 Å². The first-order valence-electron chi connectivity index (χ1n) is 6.02. The highest BCUT2D eigenvalue weighted by Gasteiger charge is 2.21. The highest BCUT2D eigenvalue weighted by Crippen LogP contribution is 2.17. The minimum absolute atomic E-state index is 0.165. The Balaban J connectivity index is 3.14. The Morgan fingerprint density at radius 3 is 2.53 bits per heavy atom. The predicted octanol–water partition coefficient (Wildman–Crippen LogP) is 3.37. The largest absolute Gasteiger partial charge is 0.456 e. The van der Waals surface area contributed by atoms with Gasteiger partial charge in [0.1, 0.15) is 11.4 Å². The van der Waals surface area contributed by atoms with Crippen LogP contribution in [-0.4, -0.2) is 22.5 Å². The molecule has 0 amide bonds. The van der Waals surface area contributed by atoms with E-state index in [2.05, 4.69) is 5.16 Å². The van der Waals surface area contributed by atoms with E-state index < -0.39 is 17.4 Å². The molecule has 104 valence electrons. The van der Waals surface area contributed by atoms with Crippen LogP contribution in [0.25, 0.3) is 0 Å². The van der Waals surface area contributed by atoms with Gasteiger partial charge in [0, 0.05) is 5.56 Å². The normalized spacial score (nSPS) is 12.4. The van der Waals surface area contributed by atoms with Crippen LogP contribution in [0.2, 0.25) is 0 Å². The molecular formula is C14H18FNO3. The SMILES string of the molecule is CC/C(=N\O)c1ccc(F)c(C(=O)OC(C)(C)C)c1. The van der Waals surface area contributed by atoms with E-state index in [0.29, 0.717) is 17.7 Å². The van der Waals surface area contributed by atoms with Crippen LogP contribution in [0.5, 0.6) is 0 Å². The third-order valence-corrected chi connectivity index (χ3v) is 2.37. The minimum Gasteiger partial charge on any atom is -0.456 e. The molecule has 0 aliphatic carbocycles. The van der Waals surface area contributed by atoms with Crippen LogP contribution in [0.1, 0.15) is 50.0 Å². The lowest BCUT2D eigenvalue weighted by atomic mass is 10.0. The summed E-state index contributed by atoms with van der Waals surface area (Å²) in [5.41, 5.74) is 0.0112. The Kier molecular flexibility index (Phi) is 4.64. The molecule has 0 atom stereocenters. The van der Waals surface area contributed by atoms with Gasteiger partial charge in [0.15, 0.2) is 0 Å². The van der Waals surface area contributed by atoms with Gasteiger partial charge in [-0.05, 0) is 39.3 Å². The summed E-state index contributed by atoms with van der Waals surface area (Å²) in [6, 6.07) is 3.96. The third kappa shape index (κ3) is 4.05. The quantitative estimate of drug-likeness (QED) is 0.395. The maximum absolute atomic E-state index is 13.7. The molecular weight excluding hydrogens is 249 g/mol. The van der Waals surface area contributed by atoms with Gasteiger partial charge in [-0.15, -0.1) is 0 Å². The van der Waals surface area contributed by atoms with Crippen LogP contribution >= 0.6 is 0 Å². The number of carbonyl (C=O) groups is 1. The average molecular weight is 267 g/mol. The van der Waals surface area contributed by atoms with E-state index in [4.69, 9.17) is 9.94 Å². The number of ether oxygens (including phenoxy) is 1. The van der Waals surface area contributed by atoms with Crippen LogP contribution in [0.4, 0.5) is 4.39 Å². The first-order valence-corrected chi connectivity index (χ1v) is 6.02. The van der Waals surface area contributed by atoms with Gasteiger partial charge >= 0.3 is 5.97 Å². The lowest BCUT2D eigenvalue weighted by molar-refractivity contribution is 0.00647. The minimum atomic E-state index is -0.736. The number of benzene rings is 1. The van der Waals surface area contributed by atoms with Gasteiger partial charge in [-0.2, -0.15) is 0 Å². The molecule has 1 aromatic rings. The summed E-state index contributed by atoms with van der Waals surface area (Å²) in [7, 11) is 0. The van der Waals surface area contributed by atoms with Crippen LogP contribution in [0.15, 0.2) is 23.4 Å². The molecule has 0 bridgehead atoms. The Morgan fingerprint density at radius 1 is 1.42 bits per heavy atom. The molecule has 4 nitrogen and oxygen atoms in total. The maximum atomic E-state index is 13.7. The summed E-state index contributed by atoms with van der Waals surface area (Å²) >= 11 is 0. The smallest absolute Gasteiger partial charge is 0.341 e. The van der Waals surface area contributed by atoms with Gasteiger partial charge in [0.05, 0.1) is 11.3 Å². The molecule has 0 aliphatic rings. The maximum Gasteiger partial charge on any atom is 0.341 e. The van der Waals surface area contributed by atoms with Crippen LogP contribution in [-0.2, 0) is 4.74 Å². The predicted molar refractivity (Wildman–Crippen MR) is 70.2 cm³/mol. The third-order valence-electron chi connectivity index (χ3n) is 2.37. The summed E-state index contributed by atoms with van der Waals surface area (Å²) in [5, 5.41) is 12.0. The fourth-order valence-electron chi connectivity index (χ4n) is 1.53. The van der Waals surface area contributed by atoms with E-state index in [9.17, 15) is 9.18 Å². The summed E-state index contributed by atoms with van der Waals surface area (Å²) in [4.78, 5) is 11.9.